The molecule has 34 heavy (non-hydrogen) atoms. The highest BCUT2D eigenvalue weighted by atomic mass is 35.5. The smallest absolute Gasteiger partial charge is 0.260 e. The highest BCUT2D eigenvalue weighted by Crippen LogP contribution is 2.37. The Bertz CT molecular complexity index is 946. The summed E-state index contributed by atoms with van der Waals surface area (Å²) in [7, 11) is 0. The number of carbonyl (C=O) groups excluding carboxylic acids is 1. The molecule has 0 unspecified atom stereocenters. The fourth-order valence-electron chi connectivity index (χ4n) is 4.91. The second kappa shape index (κ2) is 11.9. The number of carbonyl (C=O) groups is 1. The third kappa shape index (κ3) is 6.65. The Labute approximate surface area is 207 Å². The van der Waals surface area contributed by atoms with Crippen molar-refractivity contribution >= 4 is 17.5 Å². The van der Waals surface area contributed by atoms with Crippen LogP contribution in [0.2, 0.25) is 5.02 Å². The Morgan fingerprint density at radius 2 is 1.85 bits per heavy atom. The quantitative estimate of drug-likeness (QED) is 0.694. The molecule has 6 nitrogen and oxygen atoms in total. The lowest BCUT2D eigenvalue weighted by Gasteiger charge is -2.41. The minimum atomic E-state index is -0.0647. The summed E-state index contributed by atoms with van der Waals surface area (Å²) >= 11 is 6.03. The molecule has 0 atom stereocenters. The molecule has 1 N–H and O–H groups in total. The Morgan fingerprint density at radius 3 is 2.65 bits per heavy atom. The number of benzene rings is 2. The predicted octanol–water partition coefficient (Wildman–Crippen LogP) is 4.38. The van der Waals surface area contributed by atoms with Gasteiger partial charge < -0.3 is 19.5 Å². The van der Waals surface area contributed by atoms with Gasteiger partial charge in [-0.1, -0.05) is 42.3 Å². The average molecular weight is 487 g/mol. The first-order chi connectivity index (χ1) is 16.6. The van der Waals surface area contributed by atoms with Crippen molar-refractivity contribution in [2.24, 2.45) is 5.41 Å². The van der Waals surface area contributed by atoms with Gasteiger partial charge in [-0.15, -0.1) is 0 Å². The number of ether oxygens (including phenoxy) is 2. The van der Waals surface area contributed by atoms with Crippen molar-refractivity contribution in [2.45, 2.75) is 38.6 Å². The van der Waals surface area contributed by atoms with Crippen LogP contribution >= 0.6 is 11.6 Å². The molecular weight excluding hydrogens is 452 g/mol. The Hall–Kier alpha value is -2.28. The number of hydrogen-bond acceptors (Lipinski definition) is 5. The topological polar surface area (TPSA) is 62.2 Å². The van der Waals surface area contributed by atoms with Crippen LogP contribution < -0.4 is 9.47 Å². The molecule has 3 aliphatic rings. The molecule has 0 radical (unpaired) electrons. The molecule has 0 aliphatic carbocycles. The van der Waals surface area contributed by atoms with E-state index in [9.17, 15) is 9.90 Å². The number of piperidine rings is 1. The van der Waals surface area contributed by atoms with Crippen LogP contribution in [0.15, 0.2) is 48.5 Å². The molecule has 1 fully saturated rings. The summed E-state index contributed by atoms with van der Waals surface area (Å²) in [5.74, 6) is 1.39. The van der Waals surface area contributed by atoms with Crippen molar-refractivity contribution < 1.29 is 19.4 Å². The van der Waals surface area contributed by atoms with E-state index >= 15 is 0 Å². The number of nitrogens with zero attached hydrogens (tertiary/aromatic N) is 2. The number of fused-ring (bicyclic) bond motifs is 9. The maximum absolute atomic E-state index is 13.0. The lowest BCUT2D eigenvalue weighted by molar-refractivity contribution is -0.133. The Kier molecular flexibility index (Phi) is 8.70. The van der Waals surface area contributed by atoms with E-state index in [0.717, 1.165) is 63.1 Å². The third-order valence-electron chi connectivity index (χ3n) is 7.13. The molecule has 2 aromatic carbocycles. The van der Waals surface area contributed by atoms with Crippen LogP contribution in [0.5, 0.6) is 11.5 Å². The largest absolute Gasteiger partial charge is 0.491 e. The van der Waals surface area contributed by atoms with E-state index in [1.807, 2.05) is 23.1 Å². The van der Waals surface area contributed by atoms with Crippen molar-refractivity contribution in [3.63, 3.8) is 0 Å². The van der Waals surface area contributed by atoms with Gasteiger partial charge in [-0.25, -0.2) is 0 Å². The van der Waals surface area contributed by atoms with E-state index in [1.54, 1.807) is 24.3 Å². The van der Waals surface area contributed by atoms with Crippen LogP contribution in [0, 0.1) is 5.41 Å². The fraction of sp³-hybridized carbons (Fsp3) is 0.519. The summed E-state index contributed by atoms with van der Waals surface area (Å²) in [5, 5.41) is 10.8. The highest BCUT2D eigenvalue weighted by Gasteiger charge is 2.33. The van der Waals surface area contributed by atoms with Crippen molar-refractivity contribution in [1.29, 1.82) is 0 Å². The van der Waals surface area contributed by atoms with Gasteiger partial charge in [-0.2, -0.15) is 0 Å². The van der Waals surface area contributed by atoms with E-state index in [-0.39, 0.29) is 24.5 Å². The number of hydrogen-bond donors (Lipinski definition) is 1. The van der Waals surface area contributed by atoms with Crippen LogP contribution in [0.3, 0.4) is 0 Å². The molecule has 0 spiro atoms. The van der Waals surface area contributed by atoms with E-state index in [4.69, 9.17) is 21.1 Å². The Balaban J connectivity index is 1.44. The molecule has 3 aliphatic heterocycles. The number of halogens is 1. The average Bonchev–Trinajstić information content (AvgIpc) is 2.86. The van der Waals surface area contributed by atoms with Gasteiger partial charge >= 0.3 is 0 Å². The SMILES string of the molecule is O=C(COc1cccc(Cl)c1)N1CCCCC2(CO)CCN(CC2)Cc2ccccc2OCC1. The zero-order chi connectivity index (χ0) is 23.8. The lowest BCUT2D eigenvalue weighted by Crippen LogP contribution is -2.41. The molecule has 0 saturated carbocycles. The minimum absolute atomic E-state index is 0.00275. The van der Waals surface area contributed by atoms with Crippen LogP contribution in [-0.2, 0) is 11.3 Å². The fourth-order valence-corrected chi connectivity index (χ4v) is 5.09. The van der Waals surface area contributed by atoms with E-state index in [2.05, 4.69) is 11.0 Å². The second-order valence-corrected chi connectivity index (χ2v) is 9.91. The monoisotopic (exact) mass is 486 g/mol. The first-order valence-electron chi connectivity index (χ1n) is 12.3. The first-order valence-corrected chi connectivity index (χ1v) is 12.6. The maximum atomic E-state index is 13.0. The molecule has 184 valence electrons. The first kappa shape index (κ1) is 24.8. The van der Waals surface area contributed by atoms with Crippen LogP contribution in [0.25, 0.3) is 0 Å². The van der Waals surface area contributed by atoms with Crippen LogP contribution in [0.4, 0.5) is 0 Å². The molecule has 5 rings (SSSR count). The number of aliphatic hydroxyl groups is 1. The molecule has 2 bridgehead atoms. The lowest BCUT2D eigenvalue weighted by atomic mass is 9.75. The maximum Gasteiger partial charge on any atom is 0.260 e. The number of rotatable bonds is 4. The van der Waals surface area contributed by atoms with E-state index in [0.29, 0.717) is 30.5 Å². The number of amides is 1. The molecule has 1 saturated heterocycles. The van der Waals surface area contributed by atoms with Gasteiger partial charge in [0, 0.05) is 30.3 Å². The normalized spacial score (nSPS) is 23.8. The van der Waals surface area contributed by atoms with Gasteiger partial charge in [0.05, 0.1) is 6.54 Å². The molecule has 7 heteroatoms. The predicted molar refractivity (Wildman–Crippen MR) is 133 cm³/mol. The summed E-state index contributed by atoms with van der Waals surface area (Å²) in [5.41, 5.74) is 1.16. The van der Waals surface area contributed by atoms with Crippen molar-refractivity contribution in [2.75, 3.05) is 46.0 Å². The van der Waals surface area contributed by atoms with Gasteiger partial charge in [0.25, 0.3) is 5.91 Å². The Morgan fingerprint density at radius 1 is 1.03 bits per heavy atom. The van der Waals surface area contributed by atoms with E-state index < -0.39 is 0 Å². The van der Waals surface area contributed by atoms with Gasteiger partial charge in [0.15, 0.2) is 6.61 Å². The zero-order valence-corrected chi connectivity index (χ0v) is 20.5. The third-order valence-corrected chi connectivity index (χ3v) is 7.37. The minimum Gasteiger partial charge on any atom is -0.491 e. The molecule has 2 aromatic rings. The van der Waals surface area contributed by atoms with Crippen LogP contribution in [-0.4, -0.2) is 66.8 Å². The molecule has 0 aromatic heterocycles. The van der Waals surface area contributed by atoms with E-state index in [1.165, 1.54) is 0 Å². The van der Waals surface area contributed by atoms with Crippen LogP contribution in [0.1, 0.15) is 37.7 Å². The molecule has 3 heterocycles. The van der Waals surface area contributed by atoms with Gasteiger partial charge in [-0.05, 0) is 68.5 Å². The molecular formula is C27H35ClN2O4. The van der Waals surface area contributed by atoms with Crippen molar-refractivity contribution in [1.82, 2.24) is 9.80 Å². The summed E-state index contributed by atoms with van der Waals surface area (Å²) < 4.78 is 11.9. The summed E-state index contributed by atoms with van der Waals surface area (Å²) in [6.45, 7) is 4.59. The number of aliphatic hydroxyl groups excluding tert-OH is 1. The summed E-state index contributed by atoms with van der Waals surface area (Å²) in [6, 6.07) is 15.2. The van der Waals surface area contributed by atoms with Gasteiger partial charge in [0.2, 0.25) is 0 Å². The molecule has 1 amide bonds. The zero-order valence-electron chi connectivity index (χ0n) is 19.8. The number of para-hydroxylation sites is 1. The van der Waals surface area contributed by atoms with Crippen molar-refractivity contribution in [3.05, 3.63) is 59.1 Å². The second-order valence-electron chi connectivity index (χ2n) is 9.47. The van der Waals surface area contributed by atoms with Crippen molar-refractivity contribution in [3.8, 4) is 11.5 Å². The van der Waals surface area contributed by atoms with Gasteiger partial charge in [-0.3, -0.25) is 9.69 Å². The standard InChI is InChI=1S/C27H35ClN2O4/c28-23-7-5-8-24(18-23)34-20-26(32)30-13-4-3-10-27(21-31)11-14-29(15-12-27)19-22-6-1-2-9-25(22)33-17-16-30/h1-2,5-9,18,31H,3-4,10-17,19-21H2. The highest BCUT2D eigenvalue weighted by molar-refractivity contribution is 6.30. The van der Waals surface area contributed by atoms with Gasteiger partial charge in [0.1, 0.15) is 18.1 Å². The summed E-state index contributed by atoms with van der Waals surface area (Å²) in [4.78, 5) is 17.3. The summed E-state index contributed by atoms with van der Waals surface area (Å²) in [6.07, 6.45) is 4.88.